The Kier molecular flexibility index (Phi) is 3.36. The predicted octanol–water partition coefficient (Wildman–Crippen LogP) is 2.04. The second kappa shape index (κ2) is 5.17. The Morgan fingerprint density at radius 3 is 3.15 bits per heavy atom. The summed E-state index contributed by atoms with van der Waals surface area (Å²) in [5, 5.41) is 10.1. The van der Waals surface area contributed by atoms with Gasteiger partial charge in [0.15, 0.2) is 17.1 Å². The molecule has 2 aromatic rings. The fourth-order valence-electron chi connectivity index (χ4n) is 2.74. The van der Waals surface area contributed by atoms with Crippen LogP contribution in [0.1, 0.15) is 23.4 Å². The van der Waals surface area contributed by atoms with Crippen LogP contribution in [0.15, 0.2) is 28.7 Å². The van der Waals surface area contributed by atoms with Crippen LogP contribution in [-0.2, 0) is 0 Å². The molecule has 5 heteroatoms. The van der Waals surface area contributed by atoms with Gasteiger partial charge in [0, 0.05) is 11.9 Å². The number of hydrogen-bond donors (Lipinski definition) is 1. The summed E-state index contributed by atoms with van der Waals surface area (Å²) in [5.41, 5.74) is 0.582. The molecule has 20 heavy (non-hydrogen) atoms. The van der Waals surface area contributed by atoms with Gasteiger partial charge in [0.1, 0.15) is 0 Å². The molecular weight excluding hydrogens is 258 g/mol. The maximum Gasteiger partial charge on any atom is 0.289 e. The minimum absolute atomic E-state index is 0.00467. The summed E-state index contributed by atoms with van der Waals surface area (Å²) in [6.45, 7) is 0.660. The molecule has 0 bridgehead atoms. The molecule has 1 aliphatic rings. The molecule has 0 aliphatic carbocycles. The third-order valence-corrected chi connectivity index (χ3v) is 3.79. The van der Waals surface area contributed by atoms with Crippen LogP contribution in [0.25, 0.3) is 11.0 Å². The van der Waals surface area contributed by atoms with Gasteiger partial charge >= 0.3 is 0 Å². The molecule has 3 rings (SSSR count). The highest BCUT2D eigenvalue weighted by molar-refractivity contribution is 5.97. The number of rotatable bonds is 3. The van der Waals surface area contributed by atoms with Crippen LogP contribution >= 0.6 is 0 Å². The Morgan fingerprint density at radius 1 is 1.55 bits per heavy atom. The Labute approximate surface area is 116 Å². The summed E-state index contributed by atoms with van der Waals surface area (Å²) < 4.78 is 10.9. The van der Waals surface area contributed by atoms with Gasteiger partial charge in [0.05, 0.1) is 19.8 Å². The first-order chi connectivity index (χ1) is 9.74. The van der Waals surface area contributed by atoms with Gasteiger partial charge in [-0.3, -0.25) is 4.79 Å². The standard InChI is InChI=1S/C15H17NO4/c1-19-12-6-2-4-10-8-13(20-14(10)12)15(18)16-7-3-5-11(16)9-17/h2,4,6,8,11,17H,3,5,7,9H2,1H3/t11-/m0/s1. The number of para-hydroxylation sites is 1. The van der Waals surface area contributed by atoms with Gasteiger partial charge in [0.25, 0.3) is 5.91 Å². The quantitative estimate of drug-likeness (QED) is 0.931. The third-order valence-electron chi connectivity index (χ3n) is 3.79. The van der Waals surface area contributed by atoms with E-state index in [4.69, 9.17) is 9.15 Å². The van der Waals surface area contributed by atoms with Crippen molar-refractivity contribution >= 4 is 16.9 Å². The summed E-state index contributed by atoms with van der Waals surface area (Å²) in [5.74, 6) is 0.742. The number of hydrogen-bond acceptors (Lipinski definition) is 4. The van der Waals surface area contributed by atoms with Crippen molar-refractivity contribution in [2.24, 2.45) is 0 Å². The Hall–Kier alpha value is -2.01. The molecular formula is C15H17NO4. The second-order valence-electron chi connectivity index (χ2n) is 4.97. The van der Waals surface area contributed by atoms with E-state index in [0.29, 0.717) is 23.6 Å². The lowest BCUT2D eigenvalue weighted by atomic mass is 10.2. The van der Waals surface area contributed by atoms with Gasteiger partial charge < -0.3 is 19.2 Å². The van der Waals surface area contributed by atoms with E-state index >= 15 is 0 Å². The molecule has 0 radical (unpaired) electrons. The third kappa shape index (κ3) is 2.04. The number of ether oxygens (including phenoxy) is 1. The summed E-state index contributed by atoms with van der Waals surface area (Å²) in [6, 6.07) is 7.17. The number of aliphatic hydroxyl groups excluding tert-OH is 1. The van der Waals surface area contributed by atoms with Crippen molar-refractivity contribution < 1.29 is 19.1 Å². The Bertz CT molecular complexity index is 634. The molecule has 1 fully saturated rings. The van der Waals surface area contributed by atoms with Gasteiger partial charge in [-0.2, -0.15) is 0 Å². The van der Waals surface area contributed by atoms with Crippen molar-refractivity contribution in [1.82, 2.24) is 4.90 Å². The first-order valence-electron chi connectivity index (χ1n) is 6.73. The Morgan fingerprint density at radius 2 is 2.40 bits per heavy atom. The Balaban J connectivity index is 1.96. The highest BCUT2D eigenvalue weighted by Gasteiger charge is 2.30. The van der Waals surface area contributed by atoms with E-state index < -0.39 is 0 Å². The number of likely N-dealkylation sites (tertiary alicyclic amines) is 1. The van der Waals surface area contributed by atoms with Gasteiger partial charge in [0.2, 0.25) is 0 Å². The number of carbonyl (C=O) groups excluding carboxylic acids is 1. The van der Waals surface area contributed by atoms with Crippen molar-refractivity contribution in [2.75, 3.05) is 20.3 Å². The van der Waals surface area contributed by atoms with E-state index in [1.165, 1.54) is 0 Å². The molecule has 1 aromatic heterocycles. The summed E-state index contributed by atoms with van der Waals surface area (Å²) >= 11 is 0. The molecule has 106 valence electrons. The number of aliphatic hydroxyl groups is 1. The highest BCUT2D eigenvalue weighted by Crippen LogP contribution is 2.30. The first kappa shape index (κ1) is 13.0. The van der Waals surface area contributed by atoms with Gasteiger partial charge in [-0.05, 0) is 25.0 Å². The lowest BCUT2D eigenvalue weighted by Gasteiger charge is -2.21. The fraction of sp³-hybridized carbons (Fsp3) is 0.400. The molecule has 0 unspecified atom stereocenters. The topological polar surface area (TPSA) is 62.9 Å². The maximum absolute atomic E-state index is 12.5. The first-order valence-corrected chi connectivity index (χ1v) is 6.73. The number of carbonyl (C=O) groups is 1. The zero-order chi connectivity index (χ0) is 14.1. The summed E-state index contributed by atoms with van der Waals surface area (Å²) in [4.78, 5) is 14.2. The molecule has 1 saturated heterocycles. The average molecular weight is 275 g/mol. The summed E-state index contributed by atoms with van der Waals surface area (Å²) in [7, 11) is 1.57. The van der Waals surface area contributed by atoms with E-state index in [1.807, 2.05) is 12.1 Å². The number of furan rings is 1. The lowest BCUT2D eigenvalue weighted by Crippen LogP contribution is -2.37. The summed E-state index contributed by atoms with van der Waals surface area (Å²) in [6.07, 6.45) is 1.76. The molecule has 1 aromatic carbocycles. The van der Waals surface area contributed by atoms with Crippen molar-refractivity contribution in [3.05, 3.63) is 30.0 Å². The molecule has 1 atom stereocenters. The lowest BCUT2D eigenvalue weighted by molar-refractivity contribution is 0.0648. The zero-order valence-electron chi connectivity index (χ0n) is 11.3. The van der Waals surface area contributed by atoms with E-state index in [1.54, 1.807) is 24.1 Å². The van der Waals surface area contributed by atoms with Crippen molar-refractivity contribution in [3.63, 3.8) is 0 Å². The van der Waals surface area contributed by atoms with Crippen molar-refractivity contribution in [1.29, 1.82) is 0 Å². The normalized spacial score (nSPS) is 18.7. The molecule has 1 N–H and O–H groups in total. The monoisotopic (exact) mass is 275 g/mol. The van der Waals surface area contributed by atoms with Gasteiger partial charge in [-0.15, -0.1) is 0 Å². The maximum atomic E-state index is 12.5. The molecule has 5 nitrogen and oxygen atoms in total. The van der Waals surface area contributed by atoms with Crippen LogP contribution in [0, 0.1) is 0 Å². The van der Waals surface area contributed by atoms with E-state index in [9.17, 15) is 9.90 Å². The number of benzene rings is 1. The van der Waals surface area contributed by atoms with Gasteiger partial charge in [-0.25, -0.2) is 0 Å². The number of nitrogens with zero attached hydrogens (tertiary/aromatic N) is 1. The number of methoxy groups -OCH3 is 1. The second-order valence-corrected chi connectivity index (χ2v) is 4.97. The van der Waals surface area contributed by atoms with E-state index in [2.05, 4.69) is 0 Å². The minimum atomic E-state index is -0.167. The van der Waals surface area contributed by atoms with E-state index in [-0.39, 0.29) is 18.6 Å². The highest BCUT2D eigenvalue weighted by atomic mass is 16.5. The molecule has 1 amide bonds. The fourth-order valence-corrected chi connectivity index (χ4v) is 2.74. The zero-order valence-corrected chi connectivity index (χ0v) is 11.3. The van der Waals surface area contributed by atoms with Crippen LogP contribution in [0.3, 0.4) is 0 Å². The SMILES string of the molecule is COc1cccc2cc(C(=O)N3CCC[C@H]3CO)oc12. The smallest absolute Gasteiger partial charge is 0.289 e. The largest absolute Gasteiger partial charge is 0.493 e. The van der Waals surface area contributed by atoms with Crippen LogP contribution in [0.4, 0.5) is 0 Å². The van der Waals surface area contributed by atoms with Gasteiger partial charge in [-0.1, -0.05) is 12.1 Å². The minimum Gasteiger partial charge on any atom is -0.493 e. The molecule has 2 heterocycles. The average Bonchev–Trinajstić information content (AvgIpc) is 3.11. The van der Waals surface area contributed by atoms with Crippen LogP contribution in [0.2, 0.25) is 0 Å². The van der Waals surface area contributed by atoms with Crippen molar-refractivity contribution in [2.45, 2.75) is 18.9 Å². The number of fused-ring (bicyclic) bond motifs is 1. The van der Waals surface area contributed by atoms with Crippen LogP contribution < -0.4 is 4.74 Å². The predicted molar refractivity (Wildman–Crippen MR) is 73.9 cm³/mol. The van der Waals surface area contributed by atoms with Crippen molar-refractivity contribution in [3.8, 4) is 5.75 Å². The van der Waals surface area contributed by atoms with Crippen LogP contribution in [-0.4, -0.2) is 42.2 Å². The van der Waals surface area contributed by atoms with E-state index in [0.717, 1.165) is 18.2 Å². The molecule has 0 spiro atoms. The molecule has 1 aliphatic heterocycles. The molecule has 0 saturated carbocycles. The van der Waals surface area contributed by atoms with Crippen LogP contribution in [0.5, 0.6) is 5.75 Å². The number of amides is 1.